The molecule has 0 spiro atoms. The van der Waals surface area contributed by atoms with Gasteiger partial charge >= 0.3 is 6.18 Å². The van der Waals surface area contributed by atoms with E-state index < -0.39 is 34.4 Å². The molecule has 110 valence electrons. The third-order valence-corrected chi connectivity index (χ3v) is 5.24. The summed E-state index contributed by atoms with van der Waals surface area (Å²) < 4.78 is 36.7. The highest BCUT2D eigenvalue weighted by Gasteiger charge is 2.69. The van der Waals surface area contributed by atoms with E-state index >= 15 is 0 Å². The number of rotatable bonds is 1. The van der Waals surface area contributed by atoms with Crippen LogP contribution in [0.3, 0.4) is 0 Å². The molecule has 0 aromatic rings. The third-order valence-electron chi connectivity index (χ3n) is 4.14. The summed E-state index contributed by atoms with van der Waals surface area (Å²) in [7, 11) is 0. The Labute approximate surface area is 118 Å². The highest BCUT2D eigenvalue weighted by molar-refractivity contribution is 6.53. The molecule has 1 heterocycles. The first-order valence-corrected chi connectivity index (χ1v) is 6.65. The maximum Gasteiger partial charge on any atom is 0.417 e. The van der Waals surface area contributed by atoms with Crippen molar-refractivity contribution in [2.24, 2.45) is 5.41 Å². The van der Waals surface area contributed by atoms with Crippen molar-refractivity contribution in [2.45, 2.75) is 42.3 Å². The third kappa shape index (κ3) is 2.32. The van der Waals surface area contributed by atoms with Gasteiger partial charge in [0.25, 0.3) is 0 Å². The molecule has 1 aliphatic heterocycles. The van der Waals surface area contributed by atoms with Gasteiger partial charge in [0.2, 0.25) is 5.91 Å². The molecule has 0 radical (unpaired) electrons. The van der Waals surface area contributed by atoms with E-state index in [-0.39, 0.29) is 19.0 Å². The number of aliphatic hydroxyl groups is 1. The van der Waals surface area contributed by atoms with Crippen LogP contribution in [-0.2, 0) is 4.79 Å². The quantitative estimate of drug-likeness (QED) is 0.754. The molecule has 1 amide bonds. The van der Waals surface area contributed by atoms with Gasteiger partial charge in [-0.25, -0.2) is 0 Å². The van der Waals surface area contributed by atoms with Crippen molar-refractivity contribution in [3.05, 3.63) is 0 Å². The summed E-state index contributed by atoms with van der Waals surface area (Å²) >= 11 is 11.8. The number of amides is 1. The zero-order valence-corrected chi connectivity index (χ0v) is 11.7. The molecular weight excluding hydrogens is 306 g/mol. The molecule has 0 bridgehead atoms. The van der Waals surface area contributed by atoms with E-state index in [0.717, 1.165) is 0 Å². The second-order valence-electron chi connectivity index (χ2n) is 5.53. The van der Waals surface area contributed by atoms with Gasteiger partial charge in [-0.1, -0.05) is 0 Å². The fourth-order valence-electron chi connectivity index (χ4n) is 2.34. The van der Waals surface area contributed by atoms with E-state index in [1.807, 2.05) is 0 Å². The molecular formula is C11H14Cl2F3NO2. The molecule has 0 aromatic heterocycles. The number of carbonyl (C=O) groups is 1. The van der Waals surface area contributed by atoms with Crippen LogP contribution in [0.5, 0.6) is 0 Å². The molecule has 2 aliphatic rings. The van der Waals surface area contributed by atoms with E-state index in [1.54, 1.807) is 6.92 Å². The Hall–Kier alpha value is -0.200. The van der Waals surface area contributed by atoms with E-state index in [9.17, 15) is 23.1 Å². The van der Waals surface area contributed by atoms with Gasteiger partial charge in [0.1, 0.15) is 4.33 Å². The van der Waals surface area contributed by atoms with Gasteiger partial charge in [0.05, 0.1) is 5.41 Å². The molecule has 1 atom stereocenters. The minimum Gasteiger partial charge on any atom is -0.380 e. The molecule has 0 aromatic carbocycles. The van der Waals surface area contributed by atoms with Crippen molar-refractivity contribution >= 4 is 29.1 Å². The lowest BCUT2D eigenvalue weighted by Crippen LogP contribution is -2.55. The summed E-state index contributed by atoms with van der Waals surface area (Å²) in [4.78, 5) is 13.5. The van der Waals surface area contributed by atoms with Crippen molar-refractivity contribution < 1.29 is 23.1 Å². The lowest BCUT2D eigenvalue weighted by Gasteiger charge is -2.40. The Morgan fingerprint density at radius 2 is 1.68 bits per heavy atom. The molecule has 2 fully saturated rings. The maximum atomic E-state index is 12.6. The summed E-state index contributed by atoms with van der Waals surface area (Å²) in [5.74, 6) is -0.346. The van der Waals surface area contributed by atoms with Crippen LogP contribution < -0.4 is 0 Å². The highest BCUT2D eigenvalue weighted by atomic mass is 35.5. The van der Waals surface area contributed by atoms with Gasteiger partial charge in [-0.15, -0.1) is 23.2 Å². The fourth-order valence-corrected chi connectivity index (χ4v) is 3.04. The van der Waals surface area contributed by atoms with Gasteiger partial charge in [-0.05, 0) is 13.3 Å². The van der Waals surface area contributed by atoms with Gasteiger partial charge in [-0.2, -0.15) is 13.2 Å². The number of carbonyl (C=O) groups excluding carboxylic acids is 1. The van der Waals surface area contributed by atoms with Crippen molar-refractivity contribution in [1.82, 2.24) is 4.90 Å². The van der Waals surface area contributed by atoms with Crippen LogP contribution in [0.25, 0.3) is 0 Å². The van der Waals surface area contributed by atoms with Crippen LogP contribution in [0.2, 0.25) is 0 Å². The Bertz CT molecular complexity index is 405. The topological polar surface area (TPSA) is 40.5 Å². The largest absolute Gasteiger partial charge is 0.417 e. The summed E-state index contributed by atoms with van der Waals surface area (Å²) in [6.07, 6.45) is -5.41. The normalized spacial score (nSPS) is 33.1. The van der Waals surface area contributed by atoms with E-state index in [0.29, 0.717) is 6.42 Å². The Morgan fingerprint density at radius 3 is 2.00 bits per heavy atom. The predicted octanol–water partition coefficient (Wildman–Crippen LogP) is 2.49. The predicted molar refractivity (Wildman–Crippen MR) is 64.0 cm³/mol. The van der Waals surface area contributed by atoms with Crippen molar-refractivity contribution in [2.75, 3.05) is 13.1 Å². The van der Waals surface area contributed by atoms with Crippen LogP contribution in [0.15, 0.2) is 0 Å². The molecule has 1 N–H and O–H groups in total. The lowest BCUT2D eigenvalue weighted by atomic mass is 9.90. The Balaban J connectivity index is 2.00. The summed E-state index contributed by atoms with van der Waals surface area (Å²) in [5.41, 5.74) is -3.63. The van der Waals surface area contributed by atoms with Crippen molar-refractivity contribution in [3.8, 4) is 0 Å². The molecule has 1 unspecified atom stereocenters. The van der Waals surface area contributed by atoms with Gasteiger partial charge in [-0.3, -0.25) is 4.79 Å². The SMILES string of the molecule is CC1(C(=O)N2CCC(O)(C(F)(F)F)CC2)CC1(Cl)Cl. The summed E-state index contributed by atoms with van der Waals surface area (Å²) in [6.45, 7) is 1.31. The number of hydrogen-bond acceptors (Lipinski definition) is 2. The number of halogens is 5. The molecule has 1 saturated carbocycles. The number of alkyl halides is 5. The minimum atomic E-state index is -4.67. The first kappa shape index (κ1) is 15.2. The van der Waals surface area contributed by atoms with E-state index in [4.69, 9.17) is 23.2 Å². The van der Waals surface area contributed by atoms with Crippen molar-refractivity contribution in [1.29, 1.82) is 0 Å². The standard InChI is InChI=1S/C11H14Cl2F3NO2/c1-8(6-10(8,12)13)7(18)17-4-2-9(19,3-5-17)11(14,15)16/h19H,2-6H2,1H3. The van der Waals surface area contributed by atoms with Crippen LogP contribution in [0.4, 0.5) is 13.2 Å². The first-order chi connectivity index (χ1) is 8.43. The number of nitrogens with zero attached hydrogens (tertiary/aromatic N) is 1. The van der Waals surface area contributed by atoms with Gasteiger partial charge < -0.3 is 10.0 Å². The second kappa shape index (κ2) is 4.15. The molecule has 1 saturated heterocycles. The lowest BCUT2D eigenvalue weighted by molar-refractivity contribution is -0.272. The van der Waals surface area contributed by atoms with Crippen LogP contribution in [0.1, 0.15) is 26.2 Å². The van der Waals surface area contributed by atoms with Crippen molar-refractivity contribution in [3.63, 3.8) is 0 Å². The van der Waals surface area contributed by atoms with Crippen LogP contribution in [0, 0.1) is 5.41 Å². The highest BCUT2D eigenvalue weighted by Crippen LogP contribution is 2.64. The molecule has 8 heteroatoms. The van der Waals surface area contributed by atoms with E-state index in [1.165, 1.54) is 4.90 Å². The Morgan fingerprint density at radius 1 is 1.26 bits per heavy atom. The fraction of sp³-hybridized carbons (Fsp3) is 0.909. The molecule has 19 heavy (non-hydrogen) atoms. The second-order valence-corrected chi connectivity index (χ2v) is 7.02. The van der Waals surface area contributed by atoms with Crippen LogP contribution >= 0.6 is 23.2 Å². The van der Waals surface area contributed by atoms with Gasteiger partial charge in [0, 0.05) is 25.9 Å². The maximum absolute atomic E-state index is 12.6. The minimum absolute atomic E-state index is 0.145. The smallest absolute Gasteiger partial charge is 0.380 e. The van der Waals surface area contributed by atoms with E-state index in [2.05, 4.69) is 0 Å². The first-order valence-electron chi connectivity index (χ1n) is 5.89. The number of likely N-dealkylation sites (tertiary alicyclic amines) is 1. The monoisotopic (exact) mass is 319 g/mol. The summed E-state index contributed by atoms with van der Waals surface area (Å²) in [6, 6.07) is 0. The zero-order valence-electron chi connectivity index (χ0n) is 10.2. The summed E-state index contributed by atoms with van der Waals surface area (Å²) in [5, 5.41) is 9.51. The average molecular weight is 320 g/mol. The molecule has 1 aliphatic carbocycles. The number of piperidine rings is 1. The van der Waals surface area contributed by atoms with Gasteiger partial charge in [0.15, 0.2) is 5.60 Å². The van der Waals surface area contributed by atoms with Crippen LogP contribution in [-0.4, -0.2) is 45.1 Å². The average Bonchev–Trinajstić information content (AvgIpc) is 2.78. The Kier molecular flexibility index (Phi) is 3.32. The number of hydrogen-bond donors (Lipinski definition) is 1. The zero-order chi connectivity index (χ0) is 14.7. The molecule has 3 nitrogen and oxygen atoms in total. The molecule has 2 rings (SSSR count).